The van der Waals surface area contributed by atoms with E-state index in [9.17, 15) is 0 Å². The van der Waals surface area contributed by atoms with E-state index in [0.29, 0.717) is 11.8 Å². The van der Waals surface area contributed by atoms with E-state index in [1.807, 2.05) is 54.6 Å². The van der Waals surface area contributed by atoms with E-state index < -0.39 is 6.04 Å². The van der Waals surface area contributed by atoms with E-state index in [4.69, 9.17) is 10.2 Å². The Morgan fingerprint density at radius 2 is 1.65 bits per heavy atom. The molecule has 0 amide bonds. The molecular formula is C15H12IN3O. The highest BCUT2D eigenvalue weighted by atomic mass is 127. The molecule has 1 atom stereocenters. The maximum atomic E-state index is 6.15. The zero-order valence-electron chi connectivity index (χ0n) is 10.5. The number of nitrogens with zero attached hydrogens (tertiary/aromatic N) is 2. The van der Waals surface area contributed by atoms with Crippen molar-refractivity contribution in [1.82, 2.24) is 10.2 Å². The minimum absolute atomic E-state index is 0.404. The van der Waals surface area contributed by atoms with Crippen LogP contribution in [-0.4, -0.2) is 10.2 Å². The van der Waals surface area contributed by atoms with Crippen LogP contribution in [-0.2, 0) is 0 Å². The highest BCUT2D eigenvalue weighted by molar-refractivity contribution is 14.1. The van der Waals surface area contributed by atoms with Gasteiger partial charge in [-0.05, 0) is 40.3 Å². The van der Waals surface area contributed by atoms with Gasteiger partial charge in [-0.25, -0.2) is 0 Å². The molecule has 1 aromatic heterocycles. The Labute approximate surface area is 130 Å². The minimum Gasteiger partial charge on any atom is -0.419 e. The lowest BCUT2D eigenvalue weighted by atomic mass is 10.1. The molecule has 0 saturated heterocycles. The van der Waals surface area contributed by atoms with Crippen LogP contribution in [0.1, 0.15) is 17.5 Å². The predicted octanol–water partition coefficient (Wildman–Crippen LogP) is 3.39. The van der Waals surface area contributed by atoms with Gasteiger partial charge in [0.15, 0.2) is 0 Å². The molecule has 0 aliphatic heterocycles. The zero-order chi connectivity index (χ0) is 13.9. The first-order chi connectivity index (χ1) is 9.75. The Morgan fingerprint density at radius 1 is 0.950 bits per heavy atom. The van der Waals surface area contributed by atoms with Crippen LogP contribution < -0.4 is 5.73 Å². The highest BCUT2D eigenvalue weighted by Gasteiger charge is 2.17. The highest BCUT2D eigenvalue weighted by Crippen LogP contribution is 2.26. The van der Waals surface area contributed by atoms with E-state index in [1.165, 1.54) is 0 Å². The summed E-state index contributed by atoms with van der Waals surface area (Å²) < 4.78 is 6.78. The van der Waals surface area contributed by atoms with Gasteiger partial charge in [0.05, 0.1) is 5.56 Å². The fraction of sp³-hybridized carbons (Fsp3) is 0.0667. The van der Waals surface area contributed by atoms with Crippen LogP contribution in [0.5, 0.6) is 0 Å². The number of benzene rings is 2. The molecule has 20 heavy (non-hydrogen) atoms. The average molecular weight is 377 g/mol. The van der Waals surface area contributed by atoms with Gasteiger partial charge >= 0.3 is 0 Å². The van der Waals surface area contributed by atoms with Crippen molar-refractivity contribution in [3.05, 3.63) is 69.6 Å². The summed E-state index contributed by atoms with van der Waals surface area (Å²) in [5.41, 5.74) is 8.02. The van der Waals surface area contributed by atoms with E-state index >= 15 is 0 Å². The van der Waals surface area contributed by atoms with E-state index in [2.05, 4.69) is 32.8 Å². The van der Waals surface area contributed by atoms with Gasteiger partial charge in [0.25, 0.3) is 0 Å². The topological polar surface area (TPSA) is 64.9 Å². The van der Waals surface area contributed by atoms with Gasteiger partial charge in [-0.3, -0.25) is 0 Å². The van der Waals surface area contributed by atoms with Crippen molar-refractivity contribution >= 4 is 22.6 Å². The van der Waals surface area contributed by atoms with E-state index in [-0.39, 0.29) is 0 Å². The van der Waals surface area contributed by atoms with Gasteiger partial charge in [-0.2, -0.15) is 0 Å². The van der Waals surface area contributed by atoms with E-state index in [1.54, 1.807) is 0 Å². The number of hydrogen-bond donors (Lipinski definition) is 1. The Kier molecular flexibility index (Phi) is 3.79. The molecule has 0 fully saturated rings. The number of hydrogen-bond acceptors (Lipinski definition) is 4. The molecule has 2 N–H and O–H groups in total. The largest absolute Gasteiger partial charge is 0.419 e. The van der Waals surface area contributed by atoms with Gasteiger partial charge in [0.1, 0.15) is 6.04 Å². The van der Waals surface area contributed by atoms with Crippen LogP contribution in [0.3, 0.4) is 0 Å². The number of rotatable bonds is 3. The first kappa shape index (κ1) is 13.3. The van der Waals surface area contributed by atoms with Crippen molar-refractivity contribution in [3.8, 4) is 11.5 Å². The molecule has 0 spiro atoms. The third-order valence-corrected chi connectivity index (χ3v) is 3.91. The quantitative estimate of drug-likeness (QED) is 0.711. The third-order valence-electron chi connectivity index (χ3n) is 2.97. The van der Waals surface area contributed by atoms with Gasteiger partial charge in [-0.1, -0.05) is 42.5 Å². The molecule has 1 heterocycles. The van der Waals surface area contributed by atoms with Crippen LogP contribution >= 0.6 is 22.6 Å². The fourth-order valence-electron chi connectivity index (χ4n) is 1.91. The first-order valence-corrected chi connectivity index (χ1v) is 7.22. The summed E-state index contributed by atoms with van der Waals surface area (Å²) in [7, 11) is 0. The maximum absolute atomic E-state index is 6.15. The molecule has 0 aliphatic rings. The minimum atomic E-state index is -0.404. The summed E-state index contributed by atoms with van der Waals surface area (Å²) in [6.07, 6.45) is 0. The summed E-state index contributed by atoms with van der Waals surface area (Å²) in [5.74, 6) is 0.919. The van der Waals surface area contributed by atoms with Crippen LogP contribution in [0.4, 0.5) is 0 Å². The molecule has 100 valence electrons. The van der Waals surface area contributed by atoms with Crippen molar-refractivity contribution in [2.45, 2.75) is 6.04 Å². The summed E-state index contributed by atoms with van der Waals surface area (Å²) in [5, 5.41) is 8.16. The molecule has 0 saturated carbocycles. The van der Waals surface area contributed by atoms with Crippen molar-refractivity contribution in [2.24, 2.45) is 5.73 Å². The molecule has 4 nitrogen and oxygen atoms in total. The molecule has 3 rings (SSSR count). The standard InChI is InChI=1S/C15H12IN3O/c16-12-9-5-4-8-11(12)14-18-19-15(20-14)13(17)10-6-2-1-3-7-10/h1-9,13H,17H2. The summed E-state index contributed by atoms with van der Waals surface area (Å²) in [6.45, 7) is 0. The second kappa shape index (κ2) is 5.72. The lowest BCUT2D eigenvalue weighted by Gasteiger charge is -2.06. The van der Waals surface area contributed by atoms with Crippen molar-refractivity contribution in [1.29, 1.82) is 0 Å². The van der Waals surface area contributed by atoms with Gasteiger partial charge in [0, 0.05) is 3.57 Å². The molecule has 2 aromatic carbocycles. The molecule has 1 unspecified atom stereocenters. The number of halogens is 1. The fourth-order valence-corrected chi connectivity index (χ4v) is 2.52. The van der Waals surface area contributed by atoms with Crippen molar-refractivity contribution < 1.29 is 4.42 Å². The van der Waals surface area contributed by atoms with Crippen molar-refractivity contribution in [2.75, 3.05) is 0 Å². The number of aromatic nitrogens is 2. The average Bonchev–Trinajstić information content (AvgIpc) is 2.97. The molecule has 0 bridgehead atoms. The lowest BCUT2D eigenvalue weighted by molar-refractivity contribution is 0.484. The molecule has 0 aliphatic carbocycles. The third kappa shape index (κ3) is 2.59. The smallest absolute Gasteiger partial charge is 0.248 e. The Bertz CT molecular complexity index is 712. The monoisotopic (exact) mass is 377 g/mol. The van der Waals surface area contributed by atoms with Crippen LogP contribution in [0.25, 0.3) is 11.5 Å². The zero-order valence-corrected chi connectivity index (χ0v) is 12.7. The van der Waals surface area contributed by atoms with Gasteiger partial charge in [-0.15, -0.1) is 10.2 Å². The van der Waals surface area contributed by atoms with Gasteiger partial charge < -0.3 is 10.2 Å². The second-order valence-corrected chi connectivity index (χ2v) is 5.48. The predicted molar refractivity (Wildman–Crippen MR) is 84.9 cm³/mol. The molecule has 0 radical (unpaired) electrons. The van der Waals surface area contributed by atoms with E-state index in [0.717, 1.165) is 14.7 Å². The Balaban J connectivity index is 1.93. The summed E-state index contributed by atoms with van der Waals surface area (Å²) in [6, 6.07) is 17.2. The van der Waals surface area contributed by atoms with Crippen LogP contribution in [0.15, 0.2) is 59.0 Å². The first-order valence-electron chi connectivity index (χ1n) is 6.14. The van der Waals surface area contributed by atoms with Crippen LogP contribution in [0.2, 0.25) is 0 Å². The normalized spacial score (nSPS) is 12.3. The maximum Gasteiger partial charge on any atom is 0.248 e. The summed E-state index contributed by atoms with van der Waals surface area (Å²) in [4.78, 5) is 0. The second-order valence-electron chi connectivity index (χ2n) is 4.31. The molecular weight excluding hydrogens is 365 g/mol. The lowest BCUT2D eigenvalue weighted by Crippen LogP contribution is -2.11. The molecule has 3 aromatic rings. The van der Waals surface area contributed by atoms with Crippen LogP contribution in [0, 0.1) is 3.57 Å². The Morgan fingerprint density at radius 3 is 2.40 bits per heavy atom. The number of nitrogens with two attached hydrogens (primary N) is 1. The van der Waals surface area contributed by atoms with Crippen molar-refractivity contribution in [3.63, 3.8) is 0 Å². The summed E-state index contributed by atoms with van der Waals surface area (Å²) >= 11 is 2.24. The molecule has 5 heteroatoms. The Hall–Kier alpha value is -1.73. The van der Waals surface area contributed by atoms with Gasteiger partial charge in [0.2, 0.25) is 11.8 Å². The SMILES string of the molecule is NC(c1ccccc1)c1nnc(-c2ccccc2I)o1.